The van der Waals surface area contributed by atoms with Crippen LogP contribution in [0.3, 0.4) is 0 Å². The SMILES string of the molecule is CCCn1nccc1CNC1CCCC(C)(C)C1. The van der Waals surface area contributed by atoms with Crippen LogP contribution in [0.25, 0.3) is 0 Å². The maximum Gasteiger partial charge on any atom is 0.0522 e. The first-order valence-electron chi connectivity index (χ1n) is 7.35. The summed E-state index contributed by atoms with van der Waals surface area (Å²) in [7, 11) is 0. The predicted octanol–water partition coefficient (Wildman–Crippen LogP) is 3.35. The van der Waals surface area contributed by atoms with Gasteiger partial charge < -0.3 is 5.32 Å². The van der Waals surface area contributed by atoms with E-state index in [1.807, 2.05) is 6.20 Å². The minimum absolute atomic E-state index is 0.513. The molecule has 18 heavy (non-hydrogen) atoms. The molecule has 1 aromatic heterocycles. The maximum absolute atomic E-state index is 4.37. The van der Waals surface area contributed by atoms with Gasteiger partial charge in [0, 0.05) is 25.3 Å². The van der Waals surface area contributed by atoms with Crippen molar-refractivity contribution in [2.45, 2.75) is 72.0 Å². The lowest BCUT2D eigenvalue weighted by molar-refractivity contribution is 0.197. The Morgan fingerprint density at radius 3 is 3.06 bits per heavy atom. The zero-order valence-electron chi connectivity index (χ0n) is 12.1. The minimum atomic E-state index is 0.513. The van der Waals surface area contributed by atoms with Gasteiger partial charge in [-0.15, -0.1) is 0 Å². The second-order valence-electron chi connectivity index (χ2n) is 6.38. The van der Waals surface area contributed by atoms with Crippen LogP contribution in [0.4, 0.5) is 0 Å². The Kier molecular flexibility index (Phi) is 4.44. The normalized spacial score (nSPS) is 23.2. The molecule has 0 spiro atoms. The van der Waals surface area contributed by atoms with E-state index in [9.17, 15) is 0 Å². The van der Waals surface area contributed by atoms with E-state index in [2.05, 4.69) is 41.9 Å². The Bertz CT molecular complexity index is 368. The molecule has 3 nitrogen and oxygen atoms in total. The smallest absolute Gasteiger partial charge is 0.0522 e. The van der Waals surface area contributed by atoms with Crippen LogP contribution in [-0.4, -0.2) is 15.8 Å². The van der Waals surface area contributed by atoms with Gasteiger partial charge in [-0.05, 0) is 37.2 Å². The summed E-state index contributed by atoms with van der Waals surface area (Å²) < 4.78 is 2.13. The van der Waals surface area contributed by atoms with Crippen molar-refractivity contribution in [2.75, 3.05) is 0 Å². The van der Waals surface area contributed by atoms with Crippen molar-refractivity contribution in [1.29, 1.82) is 0 Å². The van der Waals surface area contributed by atoms with Gasteiger partial charge in [-0.2, -0.15) is 5.10 Å². The fraction of sp³-hybridized carbons (Fsp3) is 0.800. The maximum atomic E-state index is 4.37. The monoisotopic (exact) mass is 249 g/mol. The molecule has 1 heterocycles. The molecule has 0 aliphatic heterocycles. The highest BCUT2D eigenvalue weighted by molar-refractivity contribution is 5.00. The van der Waals surface area contributed by atoms with Gasteiger partial charge in [-0.1, -0.05) is 27.2 Å². The van der Waals surface area contributed by atoms with E-state index in [0.717, 1.165) is 19.5 Å². The molecule has 1 saturated carbocycles. The van der Waals surface area contributed by atoms with Crippen molar-refractivity contribution in [3.8, 4) is 0 Å². The highest BCUT2D eigenvalue weighted by atomic mass is 15.3. The average molecular weight is 249 g/mol. The zero-order valence-corrected chi connectivity index (χ0v) is 12.1. The molecule has 1 atom stereocenters. The van der Waals surface area contributed by atoms with Crippen LogP contribution in [0, 0.1) is 5.41 Å². The summed E-state index contributed by atoms with van der Waals surface area (Å²) in [5, 5.41) is 8.09. The summed E-state index contributed by atoms with van der Waals surface area (Å²) in [5.74, 6) is 0. The first-order valence-corrected chi connectivity index (χ1v) is 7.35. The largest absolute Gasteiger partial charge is 0.308 e. The van der Waals surface area contributed by atoms with Crippen molar-refractivity contribution in [3.63, 3.8) is 0 Å². The molecule has 0 radical (unpaired) electrons. The Morgan fingerprint density at radius 1 is 1.50 bits per heavy atom. The van der Waals surface area contributed by atoms with E-state index in [1.54, 1.807) is 0 Å². The molecule has 1 aliphatic rings. The quantitative estimate of drug-likeness (QED) is 0.867. The first kappa shape index (κ1) is 13.6. The number of aryl methyl sites for hydroxylation is 1. The van der Waals surface area contributed by atoms with Crippen LogP contribution >= 0.6 is 0 Å². The molecule has 0 saturated heterocycles. The topological polar surface area (TPSA) is 29.9 Å². The number of hydrogen-bond acceptors (Lipinski definition) is 2. The molecule has 1 N–H and O–H groups in total. The second kappa shape index (κ2) is 5.87. The van der Waals surface area contributed by atoms with Crippen molar-refractivity contribution in [2.24, 2.45) is 5.41 Å². The van der Waals surface area contributed by atoms with Crippen LogP contribution in [0.15, 0.2) is 12.3 Å². The number of aromatic nitrogens is 2. The number of nitrogens with one attached hydrogen (secondary N) is 1. The van der Waals surface area contributed by atoms with E-state index >= 15 is 0 Å². The molecular formula is C15H27N3. The summed E-state index contributed by atoms with van der Waals surface area (Å²) >= 11 is 0. The Hall–Kier alpha value is -0.830. The van der Waals surface area contributed by atoms with Gasteiger partial charge in [-0.3, -0.25) is 4.68 Å². The Morgan fingerprint density at radius 2 is 2.33 bits per heavy atom. The van der Waals surface area contributed by atoms with Gasteiger partial charge in [0.05, 0.1) is 5.69 Å². The van der Waals surface area contributed by atoms with Crippen molar-refractivity contribution in [1.82, 2.24) is 15.1 Å². The standard InChI is InChI=1S/C15H27N3/c1-4-10-18-14(7-9-17-18)12-16-13-6-5-8-15(2,3)11-13/h7,9,13,16H,4-6,8,10-12H2,1-3H3. The highest BCUT2D eigenvalue weighted by Gasteiger charge is 2.27. The van der Waals surface area contributed by atoms with Gasteiger partial charge in [0.25, 0.3) is 0 Å². The summed E-state index contributed by atoms with van der Waals surface area (Å²) in [6, 6.07) is 2.81. The second-order valence-corrected chi connectivity index (χ2v) is 6.38. The average Bonchev–Trinajstić information content (AvgIpc) is 2.73. The van der Waals surface area contributed by atoms with Crippen LogP contribution in [-0.2, 0) is 13.1 Å². The third kappa shape index (κ3) is 3.58. The predicted molar refractivity (Wildman–Crippen MR) is 75.4 cm³/mol. The van der Waals surface area contributed by atoms with Crippen LogP contribution in [0.2, 0.25) is 0 Å². The Balaban J connectivity index is 1.85. The van der Waals surface area contributed by atoms with Crippen LogP contribution in [0.1, 0.15) is 58.6 Å². The van der Waals surface area contributed by atoms with Gasteiger partial charge in [0.2, 0.25) is 0 Å². The summed E-state index contributed by atoms with van der Waals surface area (Å²) in [5.41, 5.74) is 1.83. The fourth-order valence-electron chi connectivity index (χ4n) is 3.04. The Labute approximate surface area is 111 Å². The third-order valence-corrected chi connectivity index (χ3v) is 4.02. The highest BCUT2D eigenvalue weighted by Crippen LogP contribution is 2.35. The van der Waals surface area contributed by atoms with Crippen LogP contribution in [0.5, 0.6) is 0 Å². The molecule has 102 valence electrons. The van der Waals surface area contributed by atoms with E-state index < -0.39 is 0 Å². The molecule has 1 aliphatic carbocycles. The molecule has 3 heteroatoms. The molecule has 1 fully saturated rings. The lowest BCUT2D eigenvalue weighted by Gasteiger charge is -2.35. The zero-order chi connectivity index (χ0) is 13.0. The molecule has 1 aromatic rings. The molecule has 0 amide bonds. The molecular weight excluding hydrogens is 222 g/mol. The lowest BCUT2D eigenvalue weighted by Crippen LogP contribution is -2.37. The van der Waals surface area contributed by atoms with Gasteiger partial charge >= 0.3 is 0 Å². The number of rotatable bonds is 5. The summed E-state index contributed by atoms with van der Waals surface area (Å²) in [4.78, 5) is 0. The minimum Gasteiger partial charge on any atom is -0.308 e. The first-order chi connectivity index (χ1) is 8.61. The van der Waals surface area contributed by atoms with Gasteiger partial charge in [0.1, 0.15) is 0 Å². The molecule has 1 unspecified atom stereocenters. The molecule has 0 bridgehead atoms. The van der Waals surface area contributed by atoms with Crippen LogP contribution < -0.4 is 5.32 Å². The molecule has 2 rings (SSSR count). The van der Waals surface area contributed by atoms with Crippen molar-refractivity contribution >= 4 is 0 Å². The van der Waals surface area contributed by atoms with Gasteiger partial charge in [0.15, 0.2) is 0 Å². The van der Waals surface area contributed by atoms with Gasteiger partial charge in [-0.25, -0.2) is 0 Å². The van der Waals surface area contributed by atoms with E-state index in [0.29, 0.717) is 11.5 Å². The lowest BCUT2D eigenvalue weighted by atomic mass is 9.75. The van der Waals surface area contributed by atoms with Crippen molar-refractivity contribution < 1.29 is 0 Å². The van der Waals surface area contributed by atoms with E-state index in [4.69, 9.17) is 0 Å². The van der Waals surface area contributed by atoms with E-state index in [-0.39, 0.29) is 0 Å². The van der Waals surface area contributed by atoms with Crippen molar-refractivity contribution in [3.05, 3.63) is 18.0 Å². The fourth-order valence-corrected chi connectivity index (χ4v) is 3.04. The molecule has 0 aromatic carbocycles. The summed E-state index contributed by atoms with van der Waals surface area (Å²) in [6.07, 6.45) is 8.42. The number of hydrogen-bond donors (Lipinski definition) is 1. The third-order valence-electron chi connectivity index (χ3n) is 4.02. The van der Waals surface area contributed by atoms with E-state index in [1.165, 1.54) is 31.4 Å². The number of nitrogens with zero attached hydrogens (tertiary/aromatic N) is 2. The summed E-state index contributed by atoms with van der Waals surface area (Å²) in [6.45, 7) is 8.97.